The molecule has 0 aromatic heterocycles. The molecule has 9 heteroatoms. The van der Waals surface area contributed by atoms with Gasteiger partial charge in [-0.05, 0) is 36.6 Å². The molecule has 0 saturated heterocycles. The number of hydrogen-bond donors (Lipinski definition) is 2. The van der Waals surface area contributed by atoms with Crippen LogP contribution in [0.5, 0.6) is 11.5 Å². The number of fused-ring (bicyclic) bond motifs is 1. The summed E-state index contributed by atoms with van der Waals surface area (Å²) in [7, 11) is 1.65. The normalized spacial score (nSPS) is 13.1. The molecular weight excluding hydrogens is 540 g/mol. The number of hydrogen-bond acceptors (Lipinski definition) is 5. The van der Waals surface area contributed by atoms with Crippen LogP contribution in [0.1, 0.15) is 18.4 Å². The first kappa shape index (κ1) is 27.1. The molecule has 0 spiro atoms. The average Bonchev–Trinajstić information content (AvgIpc) is 3.04. The van der Waals surface area contributed by atoms with Crippen LogP contribution in [-0.4, -0.2) is 59.2 Å². The lowest BCUT2D eigenvalue weighted by atomic mass is 10.1. The third-order valence-corrected chi connectivity index (χ3v) is 4.80. The van der Waals surface area contributed by atoms with E-state index in [9.17, 15) is 4.39 Å². The van der Waals surface area contributed by atoms with Crippen molar-refractivity contribution in [3.8, 4) is 11.5 Å². The number of ether oxygens (including phenoxy) is 4. The zero-order valence-electron chi connectivity index (χ0n) is 19.0. The number of nitrogens with zero attached hydrogens (tertiary/aromatic N) is 1. The predicted molar refractivity (Wildman–Crippen MR) is 139 cm³/mol. The van der Waals surface area contributed by atoms with E-state index < -0.39 is 0 Å². The molecule has 0 aliphatic carbocycles. The standard InChI is InChI=1S/C24H32FN3O4.HI/c1-29-16-17-30-13-4-11-26-24(27-12-10-19-6-2-3-7-21(19)25)28-20-8-9-22-23(18-20)32-15-5-14-31-22;/h2-3,6-9,18H,4-5,10-17H2,1H3,(H2,26,27,28);1H. The Labute approximate surface area is 212 Å². The molecule has 7 nitrogen and oxygen atoms in total. The molecule has 1 heterocycles. The summed E-state index contributed by atoms with van der Waals surface area (Å²) in [4.78, 5) is 4.64. The van der Waals surface area contributed by atoms with E-state index in [4.69, 9.17) is 18.9 Å². The van der Waals surface area contributed by atoms with Crippen LogP contribution in [0.15, 0.2) is 47.5 Å². The number of nitrogens with one attached hydrogen (secondary N) is 2. The third-order valence-electron chi connectivity index (χ3n) is 4.80. The summed E-state index contributed by atoms with van der Waals surface area (Å²) >= 11 is 0. The van der Waals surface area contributed by atoms with Crippen LogP contribution in [0.4, 0.5) is 10.1 Å². The van der Waals surface area contributed by atoms with Gasteiger partial charge in [0, 0.05) is 45.0 Å². The van der Waals surface area contributed by atoms with Gasteiger partial charge in [-0.25, -0.2) is 4.39 Å². The lowest BCUT2D eigenvalue weighted by Crippen LogP contribution is -2.33. The lowest BCUT2D eigenvalue weighted by molar-refractivity contribution is 0.0702. The van der Waals surface area contributed by atoms with Crippen molar-refractivity contribution < 1.29 is 23.3 Å². The van der Waals surface area contributed by atoms with E-state index in [-0.39, 0.29) is 29.8 Å². The highest BCUT2D eigenvalue weighted by molar-refractivity contribution is 14.0. The number of rotatable bonds is 11. The number of guanidine groups is 1. The Morgan fingerprint density at radius 3 is 2.70 bits per heavy atom. The van der Waals surface area contributed by atoms with E-state index in [1.165, 1.54) is 6.07 Å². The molecule has 0 saturated carbocycles. The van der Waals surface area contributed by atoms with Crippen LogP contribution in [0, 0.1) is 5.82 Å². The molecular formula is C24H33FIN3O4. The number of methoxy groups -OCH3 is 1. The summed E-state index contributed by atoms with van der Waals surface area (Å²) in [5.74, 6) is 1.88. The Kier molecular flexibility index (Phi) is 12.9. The van der Waals surface area contributed by atoms with E-state index in [2.05, 4.69) is 15.6 Å². The highest BCUT2D eigenvalue weighted by Gasteiger charge is 2.11. The zero-order valence-corrected chi connectivity index (χ0v) is 21.3. The second kappa shape index (κ2) is 15.7. The summed E-state index contributed by atoms with van der Waals surface area (Å²) in [5.41, 5.74) is 1.50. The minimum absolute atomic E-state index is 0. The molecule has 2 N–H and O–H groups in total. The Hall–Kier alpha value is -2.11. The highest BCUT2D eigenvalue weighted by atomic mass is 127. The molecule has 3 rings (SSSR count). The fourth-order valence-electron chi connectivity index (χ4n) is 3.14. The van der Waals surface area contributed by atoms with Crippen molar-refractivity contribution in [3.05, 3.63) is 53.8 Å². The van der Waals surface area contributed by atoms with Crippen molar-refractivity contribution in [2.75, 3.05) is 58.6 Å². The van der Waals surface area contributed by atoms with Gasteiger partial charge in [0.15, 0.2) is 17.5 Å². The van der Waals surface area contributed by atoms with Crippen molar-refractivity contribution in [1.29, 1.82) is 0 Å². The van der Waals surface area contributed by atoms with Gasteiger partial charge in [0.2, 0.25) is 0 Å². The molecule has 1 aliphatic rings. The van der Waals surface area contributed by atoms with Crippen molar-refractivity contribution in [2.45, 2.75) is 19.3 Å². The van der Waals surface area contributed by atoms with E-state index in [1.54, 1.807) is 19.2 Å². The lowest BCUT2D eigenvalue weighted by Gasteiger charge is -2.15. The summed E-state index contributed by atoms with van der Waals surface area (Å²) in [6.45, 7) is 4.17. The van der Waals surface area contributed by atoms with Crippen LogP contribution in [0.2, 0.25) is 0 Å². The third kappa shape index (κ3) is 9.73. The Bertz CT molecular complexity index is 869. The average molecular weight is 573 g/mol. The first-order valence-electron chi connectivity index (χ1n) is 11.0. The largest absolute Gasteiger partial charge is 0.490 e. The Morgan fingerprint density at radius 2 is 1.88 bits per heavy atom. The summed E-state index contributed by atoms with van der Waals surface area (Å²) in [6, 6.07) is 12.5. The van der Waals surface area contributed by atoms with Crippen LogP contribution in [0.25, 0.3) is 0 Å². The zero-order chi connectivity index (χ0) is 22.4. The first-order valence-corrected chi connectivity index (χ1v) is 11.0. The van der Waals surface area contributed by atoms with Gasteiger partial charge in [-0.2, -0.15) is 0 Å². The van der Waals surface area contributed by atoms with Crippen molar-refractivity contribution in [3.63, 3.8) is 0 Å². The van der Waals surface area contributed by atoms with E-state index in [0.717, 1.165) is 24.3 Å². The first-order chi connectivity index (χ1) is 15.8. The molecule has 0 amide bonds. The summed E-state index contributed by atoms with van der Waals surface area (Å²) in [5, 5.41) is 6.60. The molecule has 0 fully saturated rings. The van der Waals surface area contributed by atoms with Crippen LogP contribution >= 0.6 is 24.0 Å². The predicted octanol–water partition coefficient (Wildman–Crippen LogP) is 4.26. The van der Waals surface area contributed by atoms with E-state index in [1.807, 2.05) is 24.3 Å². The number of aliphatic imine (C=N–C) groups is 1. The van der Waals surface area contributed by atoms with Gasteiger partial charge in [0.25, 0.3) is 0 Å². The topological polar surface area (TPSA) is 73.3 Å². The van der Waals surface area contributed by atoms with Gasteiger partial charge in [-0.3, -0.25) is 4.99 Å². The minimum Gasteiger partial charge on any atom is -0.490 e. The monoisotopic (exact) mass is 573 g/mol. The smallest absolute Gasteiger partial charge is 0.195 e. The van der Waals surface area contributed by atoms with Crippen molar-refractivity contribution in [2.24, 2.45) is 4.99 Å². The Balaban J connectivity index is 0.00000385. The van der Waals surface area contributed by atoms with Gasteiger partial charge in [-0.1, -0.05) is 18.2 Å². The quantitative estimate of drug-likeness (QED) is 0.181. The van der Waals surface area contributed by atoms with E-state index in [0.29, 0.717) is 69.8 Å². The highest BCUT2D eigenvalue weighted by Crippen LogP contribution is 2.32. The molecule has 2 aromatic carbocycles. The van der Waals surface area contributed by atoms with Gasteiger partial charge in [-0.15, -0.1) is 24.0 Å². The fourth-order valence-corrected chi connectivity index (χ4v) is 3.14. The number of halogens is 2. The number of benzene rings is 2. The Morgan fingerprint density at radius 1 is 1.06 bits per heavy atom. The van der Waals surface area contributed by atoms with Crippen LogP contribution in [-0.2, 0) is 15.9 Å². The van der Waals surface area contributed by atoms with Gasteiger partial charge in [0.1, 0.15) is 5.82 Å². The van der Waals surface area contributed by atoms with Crippen LogP contribution < -0.4 is 20.1 Å². The fraction of sp³-hybridized carbons (Fsp3) is 0.458. The molecule has 33 heavy (non-hydrogen) atoms. The van der Waals surface area contributed by atoms with E-state index >= 15 is 0 Å². The van der Waals surface area contributed by atoms with Gasteiger partial charge >= 0.3 is 0 Å². The van der Waals surface area contributed by atoms with Gasteiger partial charge in [0.05, 0.1) is 26.4 Å². The second-order valence-electron chi connectivity index (χ2n) is 7.29. The summed E-state index contributed by atoms with van der Waals surface area (Å²) in [6.07, 6.45) is 2.19. The molecule has 0 radical (unpaired) electrons. The van der Waals surface area contributed by atoms with Gasteiger partial charge < -0.3 is 29.6 Å². The molecule has 0 unspecified atom stereocenters. The summed E-state index contributed by atoms with van der Waals surface area (Å²) < 4.78 is 35.8. The van der Waals surface area contributed by atoms with Crippen molar-refractivity contribution in [1.82, 2.24) is 5.32 Å². The molecule has 2 aromatic rings. The maximum atomic E-state index is 13.9. The van der Waals surface area contributed by atoms with Crippen LogP contribution in [0.3, 0.4) is 0 Å². The molecule has 1 aliphatic heterocycles. The SMILES string of the molecule is COCCOCCCN=C(NCCc1ccccc1F)Nc1ccc2c(c1)OCCCO2.I. The number of anilines is 1. The minimum atomic E-state index is -0.197. The molecule has 0 bridgehead atoms. The maximum Gasteiger partial charge on any atom is 0.195 e. The second-order valence-corrected chi connectivity index (χ2v) is 7.29. The van der Waals surface area contributed by atoms with Crippen molar-refractivity contribution >= 4 is 35.6 Å². The molecule has 182 valence electrons. The molecule has 0 atom stereocenters. The maximum absolute atomic E-state index is 13.9.